The molecule has 1 aromatic carbocycles. The fourth-order valence-corrected chi connectivity index (χ4v) is 5.01. The topological polar surface area (TPSA) is 41.0 Å². The van der Waals surface area contributed by atoms with Crippen LogP contribution in [0.25, 0.3) is 0 Å². The van der Waals surface area contributed by atoms with Gasteiger partial charge in [-0.25, -0.2) is 0 Å². The number of likely N-dealkylation sites (tertiary alicyclic amines) is 1. The maximum Gasteiger partial charge on any atom is 0.0925 e. The Labute approximate surface area is 185 Å². The van der Waals surface area contributed by atoms with E-state index in [9.17, 15) is 0 Å². The van der Waals surface area contributed by atoms with E-state index >= 15 is 0 Å². The molecule has 3 aromatic rings. The van der Waals surface area contributed by atoms with Crippen LogP contribution >= 0.6 is 0 Å². The molecule has 3 heterocycles. The number of benzene rings is 1. The predicted octanol–water partition coefficient (Wildman–Crippen LogP) is 4.95. The zero-order chi connectivity index (χ0) is 20.9. The van der Waals surface area contributed by atoms with Crippen molar-refractivity contribution in [3.8, 4) is 0 Å². The third-order valence-corrected chi connectivity index (χ3v) is 6.87. The molecule has 1 saturated carbocycles. The first kappa shape index (κ1) is 20.3. The number of nitrogens with zero attached hydrogens (tertiary/aromatic N) is 3. The summed E-state index contributed by atoms with van der Waals surface area (Å²) in [7, 11) is 0. The first-order valence-electron chi connectivity index (χ1n) is 11.7. The summed E-state index contributed by atoms with van der Waals surface area (Å²) in [4.78, 5) is 11.7. The SMILES string of the molecule is c1ccc(C(NCC2CC(c3ccc(CN4CCCC4)cc3)C2)c2ccccn2)nc1. The van der Waals surface area contributed by atoms with Gasteiger partial charge >= 0.3 is 0 Å². The Morgan fingerprint density at radius 2 is 1.48 bits per heavy atom. The van der Waals surface area contributed by atoms with Crippen molar-refractivity contribution in [1.82, 2.24) is 20.2 Å². The van der Waals surface area contributed by atoms with Crippen LogP contribution in [0.3, 0.4) is 0 Å². The van der Waals surface area contributed by atoms with Gasteiger partial charge < -0.3 is 5.32 Å². The van der Waals surface area contributed by atoms with Crippen LogP contribution in [0.1, 0.15) is 60.2 Å². The number of aromatic nitrogens is 2. The second-order valence-electron chi connectivity index (χ2n) is 9.11. The van der Waals surface area contributed by atoms with Crippen LogP contribution < -0.4 is 5.32 Å². The fourth-order valence-electron chi connectivity index (χ4n) is 5.01. The number of rotatable bonds is 8. The fraction of sp³-hybridized carbons (Fsp3) is 0.407. The molecule has 0 unspecified atom stereocenters. The van der Waals surface area contributed by atoms with Crippen molar-refractivity contribution in [1.29, 1.82) is 0 Å². The molecule has 1 N–H and O–H groups in total. The standard InChI is InChI=1S/C27H32N4/c1-3-13-28-25(7-1)27(26-8-2-4-14-29-26)30-19-22-17-24(18-22)23-11-9-21(10-12-23)20-31-15-5-6-16-31/h1-4,7-14,22,24,27,30H,5-6,15-20H2. The predicted molar refractivity (Wildman–Crippen MR) is 125 cm³/mol. The second kappa shape index (κ2) is 9.71. The normalized spacial score (nSPS) is 21.3. The minimum atomic E-state index is 0.0475. The summed E-state index contributed by atoms with van der Waals surface area (Å²) in [6.45, 7) is 4.63. The highest BCUT2D eigenvalue weighted by atomic mass is 15.1. The molecule has 1 saturated heterocycles. The molecule has 2 aromatic heterocycles. The molecule has 1 aliphatic carbocycles. The molecule has 0 bridgehead atoms. The largest absolute Gasteiger partial charge is 0.303 e. The Morgan fingerprint density at radius 3 is 2.06 bits per heavy atom. The number of pyridine rings is 2. The van der Waals surface area contributed by atoms with Gasteiger partial charge in [-0.05, 0) is 92.5 Å². The third-order valence-electron chi connectivity index (χ3n) is 6.87. The quantitative estimate of drug-likeness (QED) is 0.569. The van der Waals surface area contributed by atoms with Crippen molar-refractivity contribution in [2.24, 2.45) is 5.92 Å². The van der Waals surface area contributed by atoms with Crippen LogP contribution in [0, 0.1) is 5.92 Å². The highest BCUT2D eigenvalue weighted by molar-refractivity contribution is 5.27. The zero-order valence-corrected chi connectivity index (χ0v) is 18.2. The first-order valence-corrected chi connectivity index (χ1v) is 11.7. The lowest BCUT2D eigenvalue weighted by atomic mass is 9.71. The number of nitrogens with one attached hydrogen (secondary N) is 1. The van der Waals surface area contributed by atoms with Gasteiger partial charge in [0.1, 0.15) is 0 Å². The smallest absolute Gasteiger partial charge is 0.0925 e. The van der Waals surface area contributed by atoms with Crippen LogP contribution in [0.2, 0.25) is 0 Å². The third kappa shape index (κ3) is 5.03. The molecule has 5 rings (SSSR count). The van der Waals surface area contributed by atoms with E-state index in [1.54, 1.807) is 0 Å². The summed E-state index contributed by atoms with van der Waals surface area (Å²) in [6.07, 6.45) is 8.96. The van der Waals surface area contributed by atoms with Gasteiger partial charge in [-0.2, -0.15) is 0 Å². The highest BCUT2D eigenvalue weighted by Gasteiger charge is 2.31. The lowest BCUT2D eigenvalue weighted by molar-refractivity contribution is 0.249. The van der Waals surface area contributed by atoms with Crippen LogP contribution in [0.5, 0.6) is 0 Å². The summed E-state index contributed by atoms with van der Waals surface area (Å²) in [5, 5.41) is 3.75. The minimum absolute atomic E-state index is 0.0475. The van der Waals surface area contributed by atoms with Crippen LogP contribution in [0.4, 0.5) is 0 Å². The summed E-state index contributed by atoms with van der Waals surface area (Å²) in [6, 6.07) is 21.7. The monoisotopic (exact) mass is 412 g/mol. The Balaban J connectivity index is 1.14. The molecule has 4 nitrogen and oxygen atoms in total. The Bertz CT molecular complexity index is 890. The van der Waals surface area contributed by atoms with Gasteiger partial charge in [0.05, 0.1) is 17.4 Å². The highest BCUT2D eigenvalue weighted by Crippen LogP contribution is 2.41. The molecule has 31 heavy (non-hydrogen) atoms. The van der Waals surface area contributed by atoms with Gasteiger partial charge in [0, 0.05) is 18.9 Å². The van der Waals surface area contributed by atoms with Crippen LogP contribution in [-0.4, -0.2) is 34.5 Å². The van der Waals surface area contributed by atoms with E-state index in [2.05, 4.69) is 56.6 Å². The lowest BCUT2D eigenvalue weighted by Gasteiger charge is -2.37. The van der Waals surface area contributed by atoms with Crippen molar-refractivity contribution in [2.75, 3.05) is 19.6 Å². The van der Waals surface area contributed by atoms with E-state index < -0.39 is 0 Å². The van der Waals surface area contributed by atoms with Crippen molar-refractivity contribution < 1.29 is 0 Å². The summed E-state index contributed by atoms with van der Waals surface area (Å²) in [5.74, 6) is 1.42. The minimum Gasteiger partial charge on any atom is -0.303 e. The van der Waals surface area contributed by atoms with E-state index in [0.29, 0.717) is 11.8 Å². The molecule has 0 spiro atoms. The van der Waals surface area contributed by atoms with Crippen molar-refractivity contribution in [3.05, 3.63) is 95.6 Å². The average molecular weight is 413 g/mol. The Hall–Kier alpha value is -2.56. The van der Waals surface area contributed by atoms with Gasteiger partial charge in [0.2, 0.25) is 0 Å². The maximum atomic E-state index is 4.58. The molecule has 4 heteroatoms. The second-order valence-corrected chi connectivity index (χ2v) is 9.11. The summed E-state index contributed by atoms with van der Waals surface area (Å²) in [5.41, 5.74) is 5.03. The van der Waals surface area contributed by atoms with Gasteiger partial charge in [0.25, 0.3) is 0 Å². The Morgan fingerprint density at radius 1 is 0.839 bits per heavy atom. The van der Waals surface area contributed by atoms with Crippen molar-refractivity contribution >= 4 is 0 Å². The molecule has 0 atom stereocenters. The average Bonchev–Trinajstić information content (AvgIpc) is 3.30. The lowest BCUT2D eigenvalue weighted by Crippen LogP contribution is -2.35. The molecule has 160 valence electrons. The Kier molecular flexibility index (Phi) is 6.38. The van der Waals surface area contributed by atoms with Gasteiger partial charge in [0.15, 0.2) is 0 Å². The van der Waals surface area contributed by atoms with Crippen molar-refractivity contribution in [3.63, 3.8) is 0 Å². The molecule has 0 radical (unpaired) electrons. The van der Waals surface area contributed by atoms with E-state index in [1.807, 2.05) is 36.7 Å². The molecular formula is C27H32N4. The van der Waals surface area contributed by atoms with E-state index in [0.717, 1.165) is 24.5 Å². The molecule has 2 fully saturated rings. The van der Waals surface area contributed by atoms with E-state index in [1.165, 1.54) is 49.9 Å². The first-order chi connectivity index (χ1) is 15.3. The zero-order valence-electron chi connectivity index (χ0n) is 18.2. The summed E-state index contributed by atoms with van der Waals surface area (Å²) >= 11 is 0. The van der Waals surface area contributed by atoms with Gasteiger partial charge in [-0.3, -0.25) is 14.9 Å². The molecular weight excluding hydrogens is 380 g/mol. The van der Waals surface area contributed by atoms with Gasteiger partial charge in [-0.15, -0.1) is 0 Å². The molecule has 1 aliphatic heterocycles. The van der Waals surface area contributed by atoms with E-state index in [-0.39, 0.29) is 6.04 Å². The molecule has 2 aliphatic rings. The summed E-state index contributed by atoms with van der Waals surface area (Å²) < 4.78 is 0. The molecule has 0 amide bonds. The maximum absolute atomic E-state index is 4.58. The van der Waals surface area contributed by atoms with Crippen molar-refractivity contribution in [2.45, 2.75) is 44.2 Å². The van der Waals surface area contributed by atoms with Crippen LogP contribution in [-0.2, 0) is 6.54 Å². The van der Waals surface area contributed by atoms with Gasteiger partial charge in [-0.1, -0.05) is 36.4 Å². The van der Waals surface area contributed by atoms with E-state index in [4.69, 9.17) is 0 Å². The number of hydrogen-bond acceptors (Lipinski definition) is 4. The number of hydrogen-bond donors (Lipinski definition) is 1. The van der Waals surface area contributed by atoms with Crippen LogP contribution in [0.15, 0.2) is 73.1 Å².